The molecule has 1 saturated heterocycles. The lowest BCUT2D eigenvalue weighted by Gasteiger charge is -2.30. The van der Waals surface area contributed by atoms with Crippen LogP contribution in [0.3, 0.4) is 0 Å². The van der Waals surface area contributed by atoms with Gasteiger partial charge in [0.15, 0.2) is 5.75 Å². The van der Waals surface area contributed by atoms with Crippen molar-refractivity contribution in [2.45, 2.75) is 19.1 Å². The molecule has 11 heteroatoms. The molecule has 1 aromatic carbocycles. The number of hydrogen-bond acceptors (Lipinski definition) is 8. The molecule has 2 aliphatic rings. The van der Waals surface area contributed by atoms with E-state index in [2.05, 4.69) is 32.9 Å². The fourth-order valence-electron chi connectivity index (χ4n) is 4.11. The maximum Gasteiger partial charge on any atom is 0.256 e. The molecule has 1 unspecified atom stereocenters. The van der Waals surface area contributed by atoms with Crippen molar-refractivity contribution in [1.29, 1.82) is 0 Å². The molecule has 0 spiro atoms. The SMILES string of the molecule is COc1c(Cl)cccc1NC(=S)C1=C(NCc2ccncc2OCC2CN(C)CCO2)CCNC1=O. The number of amides is 1. The summed E-state index contributed by atoms with van der Waals surface area (Å²) >= 11 is 11.9. The quantitative estimate of drug-likeness (QED) is 0.422. The van der Waals surface area contributed by atoms with Crippen LogP contribution in [0.4, 0.5) is 5.69 Å². The molecule has 4 rings (SSSR count). The van der Waals surface area contributed by atoms with Gasteiger partial charge in [0.1, 0.15) is 23.4 Å². The maximum atomic E-state index is 12.8. The molecule has 0 bridgehead atoms. The van der Waals surface area contributed by atoms with Gasteiger partial charge in [-0.2, -0.15) is 0 Å². The molecule has 1 fully saturated rings. The summed E-state index contributed by atoms with van der Waals surface area (Å²) < 4.78 is 17.3. The standard InChI is InChI=1S/C25H30ClN5O4S/c1-31-10-11-34-17(14-31)15-35-21-13-27-8-6-16(21)12-29-19-7-9-28-24(32)22(19)25(36)30-20-5-3-4-18(26)23(20)33-2/h3-6,8,13,17,29H,7,9-12,14-15H2,1-2H3,(H,28,32)(H,30,36). The first-order chi connectivity index (χ1) is 17.5. The Balaban J connectivity index is 1.47. The minimum atomic E-state index is -0.244. The van der Waals surface area contributed by atoms with Gasteiger partial charge in [0, 0.05) is 50.1 Å². The maximum absolute atomic E-state index is 12.8. The van der Waals surface area contributed by atoms with Gasteiger partial charge >= 0.3 is 0 Å². The number of carbonyl (C=O) groups excluding carboxylic acids is 1. The van der Waals surface area contributed by atoms with Crippen LogP contribution < -0.4 is 25.4 Å². The molecule has 2 aliphatic heterocycles. The molecule has 36 heavy (non-hydrogen) atoms. The number of hydrogen-bond donors (Lipinski definition) is 3. The molecule has 0 radical (unpaired) electrons. The summed E-state index contributed by atoms with van der Waals surface area (Å²) in [4.78, 5) is 19.5. The average Bonchev–Trinajstić information content (AvgIpc) is 2.87. The molecule has 0 aliphatic carbocycles. The molecule has 9 nitrogen and oxygen atoms in total. The third kappa shape index (κ3) is 6.44. The predicted molar refractivity (Wildman–Crippen MR) is 143 cm³/mol. The Morgan fingerprint density at radius 1 is 1.39 bits per heavy atom. The number of nitrogens with one attached hydrogen (secondary N) is 3. The molecule has 2 aromatic rings. The fourth-order valence-corrected chi connectivity index (χ4v) is 4.68. The number of benzene rings is 1. The zero-order valence-electron chi connectivity index (χ0n) is 20.3. The summed E-state index contributed by atoms with van der Waals surface area (Å²) in [6.45, 7) is 3.83. The molecule has 3 N–H and O–H groups in total. The Hall–Kier alpha value is -2.92. The van der Waals surface area contributed by atoms with Crippen molar-refractivity contribution in [3.05, 3.63) is 58.5 Å². The van der Waals surface area contributed by atoms with Crippen LogP contribution in [0, 0.1) is 0 Å². The van der Waals surface area contributed by atoms with Gasteiger partial charge in [-0.3, -0.25) is 9.78 Å². The fraction of sp³-hybridized carbons (Fsp3) is 0.400. The highest BCUT2D eigenvalue weighted by atomic mass is 35.5. The van der Waals surface area contributed by atoms with E-state index >= 15 is 0 Å². The van der Waals surface area contributed by atoms with E-state index in [0.717, 1.165) is 24.4 Å². The summed E-state index contributed by atoms with van der Waals surface area (Å²) in [7, 11) is 3.60. The second-order valence-corrected chi connectivity index (χ2v) is 9.35. The lowest BCUT2D eigenvalue weighted by Crippen LogP contribution is -2.42. The van der Waals surface area contributed by atoms with E-state index < -0.39 is 0 Å². The van der Waals surface area contributed by atoms with E-state index in [-0.39, 0.29) is 17.0 Å². The van der Waals surface area contributed by atoms with Crippen molar-refractivity contribution < 1.29 is 19.0 Å². The number of nitrogens with zero attached hydrogens (tertiary/aromatic N) is 2. The van der Waals surface area contributed by atoms with E-state index in [9.17, 15) is 4.79 Å². The van der Waals surface area contributed by atoms with Crippen LogP contribution in [0.25, 0.3) is 0 Å². The van der Waals surface area contributed by atoms with Crippen LogP contribution in [0.15, 0.2) is 47.9 Å². The molecular formula is C25H30ClN5O4S. The minimum Gasteiger partial charge on any atom is -0.493 e. The second kappa shape index (κ2) is 12.4. The number of anilines is 1. The number of pyridine rings is 1. The van der Waals surface area contributed by atoms with E-state index in [0.29, 0.717) is 60.5 Å². The Morgan fingerprint density at radius 3 is 3.06 bits per heavy atom. The van der Waals surface area contributed by atoms with Crippen LogP contribution >= 0.6 is 23.8 Å². The number of halogens is 1. The van der Waals surface area contributed by atoms with Crippen LogP contribution in [-0.2, 0) is 16.1 Å². The third-order valence-corrected chi connectivity index (χ3v) is 6.57. The number of carbonyl (C=O) groups is 1. The van der Waals surface area contributed by atoms with Crippen molar-refractivity contribution in [2.75, 3.05) is 52.3 Å². The van der Waals surface area contributed by atoms with Crippen molar-refractivity contribution in [3.63, 3.8) is 0 Å². The highest BCUT2D eigenvalue weighted by Gasteiger charge is 2.25. The van der Waals surface area contributed by atoms with E-state index in [4.69, 9.17) is 38.0 Å². The second-order valence-electron chi connectivity index (χ2n) is 8.54. The largest absolute Gasteiger partial charge is 0.493 e. The van der Waals surface area contributed by atoms with Gasteiger partial charge in [0.2, 0.25) is 0 Å². The molecule has 1 aromatic heterocycles. The number of likely N-dealkylation sites (N-methyl/N-ethyl adjacent to an activating group) is 1. The third-order valence-electron chi connectivity index (χ3n) is 5.96. The number of rotatable bonds is 9. The normalized spacial score (nSPS) is 18.4. The summed E-state index contributed by atoms with van der Waals surface area (Å²) in [6.07, 6.45) is 4.03. The van der Waals surface area contributed by atoms with Gasteiger partial charge < -0.3 is 35.1 Å². The topological polar surface area (TPSA) is 97.0 Å². The van der Waals surface area contributed by atoms with E-state index in [1.54, 1.807) is 30.6 Å². The lowest BCUT2D eigenvalue weighted by atomic mass is 10.1. The first kappa shape index (κ1) is 26.2. The van der Waals surface area contributed by atoms with Crippen molar-refractivity contribution in [2.24, 2.45) is 0 Å². The van der Waals surface area contributed by atoms with Crippen LogP contribution in [0.2, 0.25) is 5.02 Å². The number of morpholine rings is 1. The molecule has 1 amide bonds. The van der Waals surface area contributed by atoms with Gasteiger partial charge in [-0.15, -0.1) is 0 Å². The Kier molecular flexibility index (Phi) is 8.98. The van der Waals surface area contributed by atoms with Gasteiger partial charge in [0.25, 0.3) is 5.91 Å². The Bertz CT molecular complexity index is 1150. The molecule has 3 heterocycles. The molecule has 1 atom stereocenters. The molecule has 192 valence electrons. The van der Waals surface area contributed by atoms with Crippen molar-refractivity contribution in [3.8, 4) is 11.5 Å². The highest BCUT2D eigenvalue weighted by Crippen LogP contribution is 2.33. The summed E-state index contributed by atoms with van der Waals surface area (Å²) in [5.74, 6) is 0.889. The number of thiocarbonyl (C=S) groups is 1. The Labute approximate surface area is 221 Å². The summed E-state index contributed by atoms with van der Waals surface area (Å²) in [5, 5.41) is 9.82. The van der Waals surface area contributed by atoms with Crippen molar-refractivity contribution >= 4 is 40.4 Å². The lowest BCUT2D eigenvalue weighted by molar-refractivity contribution is -0.117. The Morgan fingerprint density at radius 2 is 2.25 bits per heavy atom. The molecular weight excluding hydrogens is 502 g/mol. The predicted octanol–water partition coefficient (Wildman–Crippen LogP) is 2.76. The molecule has 0 saturated carbocycles. The van der Waals surface area contributed by atoms with Crippen LogP contribution in [0.1, 0.15) is 12.0 Å². The van der Waals surface area contributed by atoms with Crippen LogP contribution in [-0.4, -0.2) is 73.9 Å². The monoisotopic (exact) mass is 531 g/mol. The van der Waals surface area contributed by atoms with Crippen molar-refractivity contribution in [1.82, 2.24) is 20.5 Å². The van der Waals surface area contributed by atoms with Gasteiger partial charge in [-0.1, -0.05) is 29.9 Å². The van der Waals surface area contributed by atoms with Gasteiger partial charge in [-0.05, 0) is 25.2 Å². The minimum absolute atomic E-state index is 0.00745. The van der Waals surface area contributed by atoms with E-state index in [1.807, 2.05) is 6.07 Å². The number of aromatic nitrogens is 1. The van der Waals surface area contributed by atoms with Gasteiger partial charge in [-0.25, -0.2) is 0 Å². The first-order valence-electron chi connectivity index (χ1n) is 11.7. The number of methoxy groups -OCH3 is 1. The zero-order chi connectivity index (χ0) is 25.5. The van der Waals surface area contributed by atoms with Gasteiger partial charge in [0.05, 0.1) is 36.2 Å². The average molecular weight is 532 g/mol. The smallest absolute Gasteiger partial charge is 0.256 e. The first-order valence-corrected chi connectivity index (χ1v) is 12.5. The summed E-state index contributed by atoms with van der Waals surface area (Å²) in [6, 6.07) is 7.19. The number of ether oxygens (including phenoxy) is 3. The highest BCUT2D eigenvalue weighted by molar-refractivity contribution is 7.81. The van der Waals surface area contributed by atoms with Crippen LogP contribution in [0.5, 0.6) is 11.5 Å². The van der Waals surface area contributed by atoms with E-state index in [1.165, 1.54) is 7.11 Å². The zero-order valence-corrected chi connectivity index (χ0v) is 21.9. The summed E-state index contributed by atoms with van der Waals surface area (Å²) in [5.41, 5.74) is 2.63. The number of para-hydroxylation sites is 1.